The minimum absolute atomic E-state index is 0.389. The molecule has 0 saturated heterocycles. The molecule has 0 aromatic rings. The summed E-state index contributed by atoms with van der Waals surface area (Å²) in [6, 6.07) is 0.822. The third-order valence-corrected chi connectivity index (χ3v) is 4.52. The fourth-order valence-corrected chi connectivity index (χ4v) is 2.71. The van der Waals surface area contributed by atoms with E-state index in [1.54, 1.807) is 7.11 Å². The smallest absolute Gasteiger partial charge is 0.398 e. The fraction of sp³-hybridized carbons (Fsp3) is 0.625. The molecule has 0 amide bonds. The van der Waals surface area contributed by atoms with Gasteiger partial charge in [-0.15, -0.1) is 0 Å². The molecule has 0 spiro atoms. The topological polar surface area (TPSA) is 35.5 Å². The predicted octanol–water partition coefficient (Wildman–Crippen LogP) is 1.84. The Balaban J connectivity index is 4.12. The SMILES string of the molecule is C=CC(=O)O[Si](C)(CCC)OC. The van der Waals surface area contributed by atoms with Gasteiger partial charge in [-0.05, 0) is 6.55 Å². The molecule has 0 fully saturated rings. The summed E-state index contributed by atoms with van der Waals surface area (Å²) in [7, 11) is -0.647. The molecule has 0 rings (SSSR count). The highest BCUT2D eigenvalue weighted by Crippen LogP contribution is 2.14. The van der Waals surface area contributed by atoms with E-state index in [4.69, 9.17) is 8.85 Å². The van der Waals surface area contributed by atoms with Gasteiger partial charge in [-0.2, -0.15) is 0 Å². The van der Waals surface area contributed by atoms with E-state index in [0.29, 0.717) is 0 Å². The lowest BCUT2D eigenvalue weighted by Crippen LogP contribution is -2.38. The molecule has 70 valence electrons. The van der Waals surface area contributed by atoms with Crippen molar-refractivity contribution in [1.29, 1.82) is 0 Å². The van der Waals surface area contributed by atoms with Gasteiger partial charge in [0.1, 0.15) is 0 Å². The van der Waals surface area contributed by atoms with Crippen molar-refractivity contribution in [1.82, 2.24) is 0 Å². The van der Waals surface area contributed by atoms with Crippen LogP contribution in [-0.2, 0) is 13.6 Å². The third-order valence-electron chi connectivity index (χ3n) is 1.62. The highest BCUT2D eigenvalue weighted by atomic mass is 28.4. The number of rotatable bonds is 5. The molecule has 0 heterocycles. The molecule has 0 bridgehead atoms. The minimum atomic E-state index is -2.23. The summed E-state index contributed by atoms with van der Waals surface area (Å²) in [4.78, 5) is 10.9. The van der Waals surface area contributed by atoms with Gasteiger partial charge in [0.15, 0.2) is 0 Å². The molecule has 0 aliphatic carbocycles. The van der Waals surface area contributed by atoms with Crippen molar-refractivity contribution in [2.45, 2.75) is 25.9 Å². The molecule has 12 heavy (non-hydrogen) atoms. The Morgan fingerprint density at radius 2 is 2.25 bits per heavy atom. The second kappa shape index (κ2) is 5.11. The molecular formula is C8H16O3Si. The maximum atomic E-state index is 10.9. The van der Waals surface area contributed by atoms with E-state index in [0.717, 1.165) is 12.5 Å². The number of hydrogen-bond acceptors (Lipinski definition) is 3. The summed E-state index contributed by atoms with van der Waals surface area (Å²) in [5, 5.41) is 0. The van der Waals surface area contributed by atoms with Crippen molar-refractivity contribution in [3.05, 3.63) is 12.7 Å². The number of hydrogen-bond donors (Lipinski definition) is 0. The average molecular weight is 188 g/mol. The molecular weight excluding hydrogens is 172 g/mol. The lowest BCUT2D eigenvalue weighted by Gasteiger charge is -2.23. The van der Waals surface area contributed by atoms with E-state index in [-0.39, 0.29) is 5.97 Å². The second-order valence-corrected chi connectivity index (χ2v) is 6.09. The second-order valence-electron chi connectivity index (χ2n) is 2.71. The zero-order chi connectivity index (χ0) is 9.61. The maximum absolute atomic E-state index is 10.9. The van der Waals surface area contributed by atoms with Crippen molar-refractivity contribution < 1.29 is 13.6 Å². The number of carbonyl (C=O) groups excluding carboxylic acids is 1. The number of carbonyl (C=O) groups is 1. The molecule has 0 aliphatic heterocycles. The van der Waals surface area contributed by atoms with Crippen molar-refractivity contribution in [2.24, 2.45) is 0 Å². The normalized spacial score (nSPS) is 14.9. The molecule has 1 atom stereocenters. The van der Waals surface area contributed by atoms with Crippen LogP contribution in [0.25, 0.3) is 0 Å². The van der Waals surface area contributed by atoms with Crippen molar-refractivity contribution in [3.8, 4) is 0 Å². The van der Waals surface area contributed by atoms with Crippen LogP contribution >= 0.6 is 0 Å². The fourth-order valence-electron chi connectivity index (χ4n) is 0.903. The van der Waals surface area contributed by atoms with Gasteiger partial charge in [0.05, 0.1) is 0 Å². The Kier molecular flexibility index (Phi) is 4.85. The van der Waals surface area contributed by atoms with Crippen LogP contribution in [0, 0.1) is 0 Å². The van der Waals surface area contributed by atoms with Gasteiger partial charge in [0.25, 0.3) is 0 Å². The Labute approximate surface area is 74.6 Å². The summed E-state index contributed by atoms with van der Waals surface area (Å²) in [5.74, 6) is -0.389. The molecule has 3 nitrogen and oxygen atoms in total. The van der Waals surface area contributed by atoms with Crippen molar-refractivity contribution in [2.75, 3.05) is 7.11 Å². The van der Waals surface area contributed by atoms with Gasteiger partial charge in [-0.1, -0.05) is 19.9 Å². The molecule has 0 aliphatic rings. The Morgan fingerprint density at radius 3 is 2.58 bits per heavy atom. The van der Waals surface area contributed by atoms with Gasteiger partial charge in [0.2, 0.25) is 0 Å². The Morgan fingerprint density at radius 1 is 1.67 bits per heavy atom. The van der Waals surface area contributed by atoms with Gasteiger partial charge in [-0.3, -0.25) is 0 Å². The van der Waals surface area contributed by atoms with E-state index in [2.05, 4.69) is 6.58 Å². The van der Waals surface area contributed by atoms with Crippen LogP contribution in [0.15, 0.2) is 12.7 Å². The molecule has 0 aromatic carbocycles. The zero-order valence-corrected chi connectivity index (χ0v) is 8.92. The molecule has 4 heteroatoms. The van der Waals surface area contributed by atoms with Gasteiger partial charge in [-0.25, -0.2) is 4.79 Å². The summed E-state index contributed by atoms with van der Waals surface area (Å²) in [6.45, 7) is 7.24. The first kappa shape index (κ1) is 11.4. The van der Waals surface area contributed by atoms with E-state index >= 15 is 0 Å². The summed E-state index contributed by atoms with van der Waals surface area (Å²) in [5.41, 5.74) is 0. The lowest BCUT2D eigenvalue weighted by atomic mass is 10.6. The quantitative estimate of drug-likeness (QED) is 0.488. The average Bonchev–Trinajstić information content (AvgIpc) is 2.05. The van der Waals surface area contributed by atoms with E-state index in [9.17, 15) is 4.79 Å². The van der Waals surface area contributed by atoms with Gasteiger partial charge >= 0.3 is 14.5 Å². The third kappa shape index (κ3) is 3.68. The first-order valence-corrected chi connectivity index (χ1v) is 6.51. The largest absolute Gasteiger partial charge is 0.491 e. The highest BCUT2D eigenvalue weighted by Gasteiger charge is 2.32. The standard InChI is InChI=1S/C8H16O3Si/c1-5-7-12(4,10-3)11-8(9)6-2/h6H,2,5,7H2,1,3-4H3. The molecule has 0 N–H and O–H groups in total. The van der Waals surface area contributed by atoms with E-state index < -0.39 is 8.56 Å². The summed E-state index contributed by atoms with van der Waals surface area (Å²) in [6.07, 6.45) is 2.13. The van der Waals surface area contributed by atoms with E-state index in [1.165, 1.54) is 6.08 Å². The van der Waals surface area contributed by atoms with Crippen molar-refractivity contribution >= 4 is 14.5 Å². The van der Waals surface area contributed by atoms with Crippen LogP contribution in [0.3, 0.4) is 0 Å². The van der Waals surface area contributed by atoms with Crippen LogP contribution < -0.4 is 0 Å². The molecule has 0 aromatic heterocycles. The lowest BCUT2D eigenvalue weighted by molar-refractivity contribution is -0.131. The predicted molar refractivity (Wildman–Crippen MR) is 50.0 cm³/mol. The van der Waals surface area contributed by atoms with Crippen LogP contribution in [0.5, 0.6) is 0 Å². The van der Waals surface area contributed by atoms with Crippen molar-refractivity contribution in [3.63, 3.8) is 0 Å². The molecule has 0 radical (unpaired) electrons. The molecule has 0 saturated carbocycles. The monoisotopic (exact) mass is 188 g/mol. The first-order chi connectivity index (χ1) is 5.58. The summed E-state index contributed by atoms with van der Waals surface area (Å²) >= 11 is 0. The van der Waals surface area contributed by atoms with Gasteiger partial charge in [0, 0.05) is 19.2 Å². The maximum Gasteiger partial charge on any atom is 0.398 e. The van der Waals surface area contributed by atoms with Crippen LogP contribution in [-0.4, -0.2) is 21.6 Å². The Bertz CT molecular complexity index is 170. The minimum Gasteiger partial charge on any atom is -0.491 e. The van der Waals surface area contributed by atoms with Crippen LogP contribution in [0.1, 0.15) is 13.3 Å². The van der Waals surface area contributed by atoms with Gasteiger partial charge < -0.3 is 8.85 Å². The molecule has 1 unspecified atom stereocenters. The van der Waals surface area contributed by atoms with Crippen LogP contribution in [0.4, 0.5) is 0 Å². The first-order valence-electron chi connectivity index (χ1n) is 3.98. The zero-order valence-electron chi connectivity index (χ0n) is 7.92. The highest BCUT2D eigenvalue weighted by molar-refractivity contribution is 6.67. The Hall–Kier alpha value is -0.613. The van der Waals surface area contributed by atoms with Crippen LogP contribution in [0.2, 0.25) is 12.6 Å². The summed E-state index contributed by atoms with van der Waals surface area (Å²) < 4.78 is 10.3. The van der Waals surface area contributed by atoms with E-state index in [1.807, 2.05) is 13.5 Å².